The number of benzene rings is 4. The first-order valence-corrected chi connectivity index (χ1v) is 38.6. The van der Waals surface area contributed by atoms with Crippen LogP contribution in [0.3, 0.4) is 0 Å². The fourth-order valence-corrected chi connectivity index (χ4v) is 8.08. The minimum atomic E-state index is -0.924. The average Bonchev–Trinajstić information content (AvgIpc) is 1.74. The molecule has 0 spiro atoms. The number of carboxylic acids is 1. The Kier molecular flexibility index (Phi) is 89.8. The first-order valence-electron chi connectivity index (χ1n) is 38.6. The number of aromatic amines is 2. The number of aromatic nitrogens is 4. The van der Waals surface area contributed by atoms with E-state index in [0.717, 1.165) is 96.9 Å². The number of carbonyl (C=O) groups excluding carboxylic acids is 15. The zero-order valence-corrected chi connectivity index (χ0v) is 71.0. The van der Waals surface area contributed by atoms with E-state index in [1.165, 1.54) is 0 Å². The van der Waals surface area contributed by atoms with Crippen LogP contribution >= 0.6 is 0 Å². The third kappa shape index (κ3) is 97.5. The lowest BCUT2D eigenvalue weighted by Crippen LogP contribution is -2.24. The van der Waals surface area contributed by atoms with Crippen LogP contribution in [0.4, 0.5) is 0 Å². The lowest BCUT2D eigenvalue weighted by molar-refractivity contribution is -0.137. The molecule has 123 heavy (non-hydrogen) atoms. The molecule has 0 aliphatic rings. The Morgan fingerprint density at radius 2 is 0.528 bits per heavy atom. The Morgan fingerprint density at radius 3 is 0.699 bits per heavy atom. The van der Waals surface area contributed by atoms with Crippen molar-refractivity contribution in [3.8, 4) is 11.5 Å². The smallest absolute Gasteiger partial charge is 0.303 e. The highest BCUT2D eigenvalue weighted by molar-refractivity contribution is 5.75. The number of H-pyrrole nitrogens is 2. The summed E-state index contributed by atoms with van der Waals surface area (Å²) in [7, 11) is 0. The van der Waals surface area contributed by atoms with Gasteiger partial charge in [0.2, 0.25) is 11.8 Å². The molecule has 6 aromatic rings. The van der Waals surface area contributed by atoms with Crippen LogP contribution in [0.2, 0.25) is 0 Å². The summed E-state index contributed by atoms with van der Waals surface area (Å²) in [6, 6.07) is 27.5. The van der Waals surface area contributed by atoms with Crippen molar-refractivity contribution in [3.63, 3.8) is 0 Å². The molecule has 38 nitrogen and oxygen atoms in total. The van der Waals surface area contributed by atoms with Crippen molar-refractivity contribution in [2.45, 2.75) is 231 Å². The van der Waals surface area contributed by atoms with Gasteiger partial charge in [0.15, 0.2) is 0 Å². The van der Waals surface area contributed by atoms with E-state index < -0.39 is 60.1 Å². The number of amides is 2. The van der Waals surface area contributed by atoms with Crippen LogP contribution in [-0.4, -0.2) is 213 Å². The molecule has 0 radical (unpaired) electrons. The van der Waals surface area contributed by atoms with E-state index in [9.17, 15) is 76.7 Å². The lowest BCUT2D eigenvalue weighted by Gasteiger charge is -2.04. The maximum Gasteiger partial charge on any atom is 0.303 e. The molecule has 2 heterocycles. The number of carbonyl (C=O) groups is 16. The quantitative estimate of drug-likeness (QED) is 0.0228. The fourth-order valence-electron chi connectivity index (χ4n) is 8.08. The predicted molar refractivity (Wildman–Crippen MR) is 476 cm³/mol. The van der Waals surface area contributed by atoms with Crippen molar-refractivity contribution in [1.29, 1.82) is 0 Å². The molecule has 0 aliphatic carbocycles. The zero-order chi connectivity index (χ0) is 94.8. The second-order valence-corrected chi connectivity index (χ2v) is 28.1. The number of nitrogens with two attached hydrogens (primary N) is 15. The number of imidazole rings is 2. The molecule has 0 fully saturated rings. The van der Waals surface area contributed by atoms with Gasteiger partial charge in [0.25, 0.3) is 0 Å². The summed E-state index contributed by atoms with van der Waals surface area (Å²) < 4.78 is 0. The van der Waals surface area contributed by atoms with E-state index in [-0.39, 0.29) is 80.9 Å². The number of phenolic OH excluding ortho intramolecular Hbond substituents is 2. The van der Waals surface area contributed by atoms with E-state index >= 15 is 0 Å². The number of aromatic hydroxyl groups is 2. The summed E-state index contributed by atoms with van der Waals surface area (Å²) >= 11 is 0. The molecule has 0 saturated heterocycles. The minimum absolute atomic E-state index is 0. The number of aliphatic carboxylic acids is 1. The van der Waals surface area contributed by atoms with Crippen LogP contribution in [0.25, 0.3) is 0 Å². The molecule has 2 amide bonds. The molecule has 0 bridgehead atoms. The Morgan fingerprint density at radius 1 is 0.317 bits per heavy atom. The van der Waals surface area contributed by atoms with Crippen molar-refractivity contribution in [1.82, 2.24) is 19.9 Å². The Hall–Kier alpha value is -11.5. The number of nitrogens with one attached hydrogen (secondary N) is 2. The van der Waals surface area contributed by atoms with Gasteiger partial charge in [-0.1, -0.05) is 134 Å². The van der Waals surface area contributed by atoms with Gasteiger partial charge in [-0.2, -0.15) is 0 Å². The molecule has 2 aromatic heterocycles. The Bertz CT molecular complexity index is 3330. The largest absolute Gasteiger partial charge is 0.508 e. The highest BCUT2D eigenvalue weighted by Crippen LogP contribution is 2.12. The normalized spacial score (nSPS) is 12.8. The van der Waals surface area contributed by atoms with Crippen LogP contribution in [0, 0.1) is 17.8 Å². The number of carboxylic acid groups (broad SMARTS) is 1. The average molecular weight is 1730 g/mol. The predicted octanol–water partition coefficient (Wildman–Crippen LogP) is 0.168. The van der Waals surface area contributed by atoms with Gasteiger partial charge in [-0.15, -0.1) is 0 Å². The molecule has 4 aromatic carbocycles. The van der Waals surface area contributed by atoms with Crippen molar-refractivity contribution >= 4 is 99.5 Å². The molecule has 13 atom stereocenters. The summed E-state index contributed by atoms with van der Waals surface area (Å²) in [6.45, 7) is 13.9. The number of nitrogens with zero attached hydrogens (tertiary/aromatic N) is 2. The van der Waals surface area contributed by atoms with E-state index in [0.29, 0.717) is 107 Å². The Balaban J connectivity index is -0.000000195. The van der Waals surface area contributed by atoms with Gasteiger partial charge in [-0.3, -0.25) is 14.4 Å². The maximum absolute atomic E-state index is 10.2. The molecule has 690 valence electrons. The van der Waals surface area contributed by atoms with Crippen molar-refractivity contribution < 1.29 is 92.0 Å². The number of aldehydes is 13. The van der Waals surface area contributed by atoms with Gasteiger partial charge in [0, 0.05) is 55.9 Å². The van der Waals surface area contributed by atoms with Crippen LogP contribution in [-0.2, 0) is 115 Å². The Labute approximate surface area is 722 Å². The second-order valence-electron chi connectivity index (χ2n) is 28.1. The highest BCUT2D eigenvalue weighted by Gasteiger charge is 2.09. The molecular weight excluding hydrogens is 1590 g/mol. The number of hydrogen-bond acceptors (Lipinski definition) is 33. The second kappa shape index (κ2) is 86.9. The van der Waals surface area contributed by atoms with Crippen molar-refractivity contribution in [2.75, 3.05) is 0 Å². The third-order valence-corrected chi connectivity index (χ3v) is 14.1. The van der Waals surface area contributed by atoms with Crippen LogP contribution in [0.1, 0.15) is 147 Å². The number of rotatable bonds is 40. The standard InChI is InChI=1S/2C9H11NO2.2C9H11NO.2C6H9N3O.3C6H13NO.2C5H10N2O2.C5H9NO3.C3H7NO.CH4/c2*10-8(6-11)5-7-1-3-9(12)4-2-7;2*10-9(7-11)6-8-4-2-1-3-5-8;2*7-5(3-10)1-6-2-8-4-9-6;3*1-5(2)3-6(7)4-8;2*6-4(3-8)1-2-5(7)9;6-4(3-7)1-2-5(8)9;1-3(4)2-5;/h2*1-4,6,8,12H,5,10H2;2*1-5,7,9H,6,10H2;2*2-5H,1,7H2,(H,8,9);3*4-6H,3,7H2,1-2H3;2*3-4H,1-2,6H2,(H2,7,9);3-4H,1-2,6H2,(H,8,9);2-3H,4H2,1H3;1H4/t2*8-;2*9-;2*5-;3*6-;3*4-;3-;/m1111111111111./s1. The van der Waals surface area contributed by atoms with Gasteiger partial charge in [-0.05, 0) is 135 Å². The molecule has 0 aliphatic heterocycles. The number of primary amides is 2. The molecule has 0 unspecified atom stereocenters. The van der Waals surface area contributed by atoms with Gasteiger partial charge in [0.1, 0.15) is 93.2 Å². The summed E-state index contributed by atoms with van der Waals surface area (Å²) in [5.74, 6) is 0.240. The van der Waals surface area contributed by atoms with E-state index in [4.69, 9.17) is 101 Å². The number of phenols is 2. The third-order valence-electron chi connectivity index (χ3n) is 14.1. The maximum atomic E-state index is 10.2. The molecule has 35 N–H and O–H groups in total. The van der Waals surface area contributed by atoms with Gasteiger partial charge in [-0.25, -0.2) is 9.97 Å². The van der Waals surface area contributed by atoms with Crippen molar-refractivity contribution in [2.24, 2.45) is 104 Å². The van der Waals surface area contributed by atoms with Gasteiger partial charge >= 0.3 is 5.97 Å². The first kappa shape index (κ1) is 127. The minimum Gasteiger partial charge on any atom is -0.508 e. The molecule has 6 rings (SSSR count). The lowest BCUT2D eigenvalue weighted by atomic mass is 10.1. The summed E-state index contributed by atoms with van der Waals surface area (Å²) in [6.07, 6.45) is 22.6. The van der Waals surface area contributed by atoms with E-state index in [1.54, 1.807) is 80.5 Å². The topological polar surface area (TPSA) is 781 Å². The monoisotopic (exact) mass is 1730 g/mol. The summed E-state index contributed by atoms with van der Waals surface area (Å²) in [5, 5.41) is 26.0. The fraction of sp³-hybridized carbons (Fsp3) is 0.459. The summed E-state index contributed by atoms with van der Waals surface area (Å²) in [5.41, 5.74) is 84.1. The zero-order valence-electron chi connectivity index (χ0n) is 71.0. The molecule has 38 heteroatoms. The first-order chi connectivity index (χ1) is 57.5. The van der Waals surface area contributed by atoms with Crippen LogP contribution < -0.4 is 86.0 Å². The summed E-state index contributed by atoms with van der Waals surface area (Å²) in [4.78, 5) is 173. The van der Waals surface area contributed by atoms with Crippen LogP contribution in [0.5, 0.6) is 11.5 Å². The van der Waals surface area contributed by atoms with E-state index in [2.05, 4.69) is 19.9 Å². The highest BCUT2D eigenvalue weighted by atomic mass is 16.4. The number of hydrogen-bond donors (Lipinski definition) is 20. The van der Waals surface area contributed by atoms with Gasteiger partial charge < -0.3 is 174 Å². The SMILES string of the molecule is C.CC(C)C[C@@H](N)C=O.CC(C)C[C@@H](N)C=O.CC(C)C[C@@H](N)C=O.C[C@@H](N)C=O.NC(=O)CC[C@@H](N)C=O.NC(=O)CC[C@@H](N)C=O.N[C@@H](C=O)CCC(=O)O.N[C@@H](C=O)Cc1ccc(O)cc1.N[C@@H](C=O)Cc1ccc(O)cc1.N[C@@H](C=O)Cc1ccccc1.N[C@@H](C=O)Cc1ccccc1.N[C@@H](C=O)Cc1cnc[nH]1.N[C@@H](C=O)Cc1cnc[nH]1. The van der Waals surface area contributed by atoms with Crippen molar-refractivity contribution in [3.05, 3.63) is 168 Å². The van der Waals surface area contributed by atoms with Crippen LogP contribution in [0.15, 0.2) is 134 Å². The molecular formula is C85H141N19O19. The van der Waals surface area contributed by atoms with E-state index in [1.807, 2.05) is 102 Å². The molecule has 0 saturated carbocycles. The van der Waals surface area contributed by atoms with Gasteiger partial charge in [0.05, 0.1) is 91.2 Å².